The molecule has 0 radical (unpaired) electrons. The van der Waals surface area contributed by atoms with Crippen LogP contribution in [0.4, 0.5) is 4.79 Å². The minimum absolute atomic E-state index is 0.0488. The van der Waals surface area contributed by atoms with Gasteiger partial charge in [-0.15, -0.1) is 0 Å². The summed E-state index contributed by atoms with van der Waals surface area (Å²) in [6.07, 6.45) is -0.414. The monoisotopic (exact) mass is 173 g/mol. The van der Waals surface area contributed by atoms with Gasteiger partial charge < -0.3 is 14.8 Å². The maximum Gasteiger partial charge on any atom is 0.407 e. The number of carbonyl (C=O) groups excluding carboxylic acids is 1. The van der Waals surface area contributed by atoms with Gasteiger partial charge in [-0.2, -0.15) is 0 Å². The summed E-state index contributed by atoms with van der Waals surface area (Å²) in [4.78, 5) is 11.1. The number of nitrogens with one attached hydrogen (secondary N) is 1. The first-order chi connectivity index (χ1) is 5.47. The van der Waals surface area contributed by atoms with E-state index in [2.05, 4.69) is 5.32 Å². The Morgan fingerprint density at radius 2 is 2.08 bits per heavy atom. The summed E-state index contributed by atoms with van der Waals surface area (Å²) in [6, 6.07) is 0. The van der Waals surface area contributed by atoms with Gasteiger partial charge in [0.2, 0.25) is 0 Å². The molecule has 1 saturated heterocycles. The van der Waals surface area contributed by atoms with E-state index in [1.54, 1.807) is 0 Å². The van der Waals surface area contributed by atoms with Crippen LogP contribution in [0.5, 0.6) is 0 Å². The molecule has 12 heavy (non-hydrogen) atoms. The highest BCUT2D eigenvalue weighted by molar-refractivity contribution is 5.68. The summed E-state index contributed by atoms with van der Waals surface area (Å²) >= 11 is 0. The lowest BCUT2D eigenvalue weighted by atomic mass is 10.1. The number of ether oxygens (including phenoxy) is 2. The summed E-state index contributed by atoms with van der Waals surface area (Å²) in [7, 11) is 0. The molecular formula is C8H15NO3. The Morgan fingerprint density at radius 3 is 2.42 bits per heavy atom. The molecule has 0 saturated carbocycles. The third kappa shape index (κ3) is 3.09. The van der Waals surface area contributed by atoms with E-state index in [-0.39, 0.29) is 17.7 Å². The fraction of sp³-hybridized carbons (Fsp3) is 0.875. The largest absolute Gasteiger partial charge is 0.441 e. The number of amides is 1. The first kappa shape index (κ1) is 9.32. The van der Waals surface area contributed by atoms with Crippen molar-refractivity contribution in [1.29, 1.82) is 0 Å². The van der Waals surface area contributed by atoms with Crippen LogP contribution in [0.3, 0.4) is 0 Å². The van der Waals surface area contributed by atoms with E-state index in [0.717, 1.165) is 0 Å². The van der Waals surface area contributed by atoms with Crippen LogP contribution in [0.1, 0.15) is 20.8 Å². The lowest BCUT2D eigenvalue weighted by molar-refractivity contribution is -0.0988. The molecule has 1 aliphatic heterocycles. The van der Waals surface area contributed by atoms with E-state index in [9.17, 15) is 4.79 Å². The summed E-state index contributed by atoms with van der Waals surface area (Å²) in [5.74, 6) is 0. The Kier molecular flexibility index (Phi) is 2.57. The van der Waals surface area contributed by atoms with Gasteiger partial charge in [0.25, 0.3) is 0 Å². The van der Waals surface area contributed by atoms with Gasteiger partial charge in [0.1, 0.15) is 0 Å². The first-order valence-corrected chi connectivity index (χ1v) is 4.04. The van der Waals surface area contributed by atoms with E-state index >= 15 is 0 Å². The number of rotatable bonds is 1. The zero-order chi connectivity index (χ0) is 9.19. The van der Waals surface area contributed by atoms with Crippen molar-refractivity contribution in [3.8, 4) is 0 Å². The highest BCUT2D eigenvalue weighted by Crippen LogP contribution is 2.07. The molecule has 1 rings (SSSR count). The van der Waals surface area contributed by atoms with Crippen molar-refractivity contribution in [1.82, 2.24) is 5.32 Å². The third-order valence-electron chi connectivity index (χ3n) is 1.36. The van der Waals surface area contributed by atoms with E-state index in [4.69, 9.17) is 9.47 Å². The zero-order valence-electron chi connectivity index (χ0n) is 7.72. The molecule has 0 aromatic heterocycles. The second kappa shape index (κ2) is 3.31. The van der Waals surface area contributed by atoms with Gasteiger partial charge in [-0.1, -0.05) is 0 Å². The summed E-state index contributed by atoms with van der Waals surface area (Å²) in [5, 5.41) is 2.70. The molecule has 1 fully saturated rings. The molecule has 1 heterocycles. The average Bonchev–Trinajstić information content (AvgIpc) is 1.74. The number of alkyl carbamates (subject to hydrolysis) is 1. The van der Waals surface area contributed by atoms with Gasteiger partial charge in [-0.25, -0.2) is 4.79 Å². The Balaban J connectivity index is 2.19. The molecule has 0 spiro atoms. The maximum absolute atomic E-state index is 11.1. The molecule has 70 valence electrons. The molecule has 1 aliphatic rings. The van der Waals surface area contributed by atoms with Crippen LogP contribution in [-0.4, -0.2) is 30.9 Å². The fourth-order valence-electron chi connectivity index (χ4n) is 0.769. The molecular weight excluding hydrogens is 158 g/mol. The number of hydrogen-bond acceptors (Lipinski definition) is 3. The van der Waals surface area contributed by atoms with Crippen molar-refractivity contribution in [3.05, 3.63) is 0 Å². The van der Waals surface area contributed by atoms with E-state index < -0.39 is 0 Å². The summed E-state index contributed by atoms with van der Waals surface area (Å²) < 4.78 is 9.85. The van der Waals surface area contributed by atoms with Gasteiger partial charge in [-0.3, -0.25) is 0 Å². The molecule has 0 aromatic carbocycles. The van der Waals surface area contributed by atoms with Crippen molar-refractivity contribution in [3.63, 3.8) is 0 Å². The van der Waals surface area contributed by atoms with Crippen LogP contribution in [0, 0.1) is 0 Å². The molecule has 0 aromatic rings. The Bertz CT molecular complexity index is 170. The second-order valence-corrected chi connectivity index (χ2v) is 3.94. The van der Waals surface area contributed by atoms with Crippen molar-refractivity contribution in [2.45, 2.75) is 32.4 Å². The van der Waals surface area contributed by atoms with E-state index in [0.29, 0.717) is 13.2 Å². The predicted molar refractivity (Wildman–Crippen MR) is 44.0 cm³/mol. The highest BCUT2D eigenvalue weighted by atomic mass is 16.6. The summed E-state index contributed by atoms with van der Waals surface area (Å²) in [6.45, 7) is 6.78. The zero-order valence-corrected chi connectivity index (χ0v) is 7.72. The predicted octanol–water partition coefficient (Wildman–Crippen LogP) is 0.910. The van der Waals surface area contributed by atoms with Gasteiger partial charge in [-0.05, 0) is 20.8 Å². The first-order valence-electron chi connectivity index (χ1n) is 4.04. The average molecular weight is 173 g/mol. The van der Waals surface area contributed by atoms with E-state index in [1.165, 1.54) is 0 Å². The molecule has 4 heteroatoms. The van der Waals surface area contributed by atoms with Crippen molar-refractivity contribution >= 4 is 6.09 Å². The van der Waals surface area contributed by atoms with Crippen molar-refractivity contribution in [2.75, 3.05) is 13.2 Å². The lowest BCUT2D eigenvalue weighted by Gasteiger charge is -2.28. The number of carbonyl (C=O) groups is 1. The molecule has 0 atom stereocenters. The molecule has 0 unspecified atom stereocenters. The van der Waals surface area contributed by atoms with Crippen LogP contribution in [0.2, 0.25) is 0 Å². The normalized spacial score (nSPS) is 18.2. The molecule has 0 bridgehead atoms. The quantitative estimate of drug-likeness (QED) is 0.641. The molecule has 1 amide bonds. The topological polar surface area (TPSA) is 47.6 Å². The number of hydrogen-bond donors (Lipinski definition) is 1. The maximum atomic E-state index is 11.1. The Labute approximate surface area is 72.2 Å². The minimum atomic E-state index is -0.365. The molecule has 1 N–H and O–H groups in total. The highest BCUT2D eigenvalue weighted by Gasteiger charge is 2.24. The van der Waals surface area contributed by atoms with Gasteiger partial charge in [0.05, 0.1) is 13.2 Å². The smallest absolute Gasteiger partial charge is 0.407 e. The van der Waals surface area contributed by atoms with E-state index in [1.807, 2.05) is 20.8 Å². The standard InChI is InChI=1S/C8H15NO3/c1-8(2,3)9-7(10)12-6-4-11-5-6/h6H,4-5H2,1-3H3,(H,9,10). The van der Waals surface area contributed by atoms with Crippen molar-refractivity contribution < 1.29 is 14.3 Å². The van der Waals surface area contributed by atoms with Gasteiger partial charge in [0, 0.05) is 5.54 Å². The Morgan fingerprint density at radius 1 is 1.50 bits per heavy atom. The second-order valence-electron chi connectivity index (χ2n) is 3.94. The van der Waals surface area contributed by atoms with Crippen LogP contribution in [-0.2, 0) is 9.47 Å². The fourth-order valence-corrected chi connectivity index (χ4v) is 0.769. The third-order valence-corrected chi connectivity index (χ3v) is 1.36. The van der Waals surface area contributed by atoms with Gasteiger partial charge >= 0.3 is 6.09 Å². The van der Waals surface area contributed by atoms with Gasteiger partial charge in [0.15, 0.2) is 6.10 Å². The summed E-state index contributed by atoms with van der Waals surface area (Å²) in [5.41, 5.74) is -0.234. The van der Waals surface area contributed by atoms with Crippen LogP contribution < -0.4 is 5.32 Å². The SMILES string of the molecule is CC(C)(C)NC(=O)OC1COC1. The molecule has 4 nitrogen and oxygen atoms in total. The minimum Gasteiger partial charge on any atom is -0.441 e. The van der Waals surface area contributed by atoms with Crippen LogP contribution in [0.15, 0.2) is 0 Å². The lowest BCUT2D eigenvalue weighted by Crippen LogP contribution is -2.46. The Hall–Kier alpha value is -0.770. The van der Waals surface area contributed by atoms with Crippen LogP contribution >= 0.6 is 0 Å². The van der Waals surface area contributed by atoms with Crippen molar-refractivity contribution in [2.24, 2.45) is 0 Å². The molecule has 0 aliphatic carbocycles. The van der Waals surface area contributed by atoms with Crippen LogP contribution in [0.25, 0.3) is 0 Å².